The van der Waals surface area contributed by atoms with Crippen molar-refractivity contribution in [2.75, 3.05) is 13.2 Å². The van der Waals surface area contributed by atoms with Crippen molar-refractivity contribution in [3.8, 4) is 0 Å². The average molecular weight is 542 g/mol. The normalized spacial score (nSPS) is 30.1. The average Bonchev–Trinajstić information content (AvgIpc) is 2.62. The molecule has 8 nitrogen and oxygen atoms in total. The van der Waals surface area contributed by atoms with Crippen molar-refractivity contribution >= 4 is 26.0 Å². The molecular formula is C19H28F5NO7S2. The van der Waals surface area contributed by atoms with E-state index in [-0.39, 0.29) is 0 Å². The molecule has 4 rings (SSSR count). The standard InChI is InChI=1S/C19H28F5NO7S2/c1-16(2,27)3-4-25(34(30,31)19(22,23)24)33(28,29)18(20,21)15(26)32-11-17-8-12-5-13(9-17)7-14(6-12)10-17/h12-14,27H,3-11H2,1-2H3. The largest absolute Gasteiger partial charge is 0.512 e. The van der Waals surface area contributed by atoms with Gasteiger partial charge >= 0.3 is 36.8 Å². The molecule has 0 aromatic rings. The number of ether oxygens (including phenoxy) is 1. The molecule has 0 radical (unpaired) electrons. The minimum absolute atomic E-state index is 0.350. The molecule has 15 heteroatoms. The second-order valence-corrected chi connectivity index (χ2v) is 14.5. The Balaban J connectivity index is 1.82. The van der Waals surface area contributed by atoms with Gasteiger partial charge in [0, 0.05) is 12.0 Å². The van der Waals surface area contributed by atoms with Crippen LogP contribution in [0.25, 0.3) is 0 Å². The van der Waals surface area contributed by atoms with Gasteiger partial charge in [0.15, 0.2) is 0 Å². The Morgan fingerprint density at radius 3 is 1.76 bits per heavy atom. The van der Waals surface area contributed by atoms with E-state index in [9.17, 15) is 48.7 Å². The maximum atomic E-state index is 14.7. The molecule has 0 aliphatic heterocycles. The second-order valence-electron chi connectivity index (χ2n) is 10.5. The number of esters is 1. The van der Waals surface area contributed by atoms with E-state index >= 15 is 0 Å². The Labute approximate surface area is 194 Å². The third-order valence-corrected chi connectivity index (χ3v) is 11.0. The zero-order chi connectivity index (χ0) is 26.0. The quantitative estimate of drug-likeness (QED) is 0.352. The number of hydrogen-bond acceptors (Lipinski definition) is 7. The minimum Gasteiger partial charge on any atom is -0.460 e. The number of nitrogens with zero attached hydrogens (tertiary/aromatic N) is 1. The predicted molar refractivity (Wildman–Crippen MR) is 108 cm³/mol. The third-order valence-electron chi connectivity index (χ3n) is 6.97. The van der Waals surface area contributed by atoms with Gasteiger partial charge in [0.05, 0.1) is 12.2 Å². The predicted octanol–water partition coefficient (Wildman–Crippen LogP) is 2.98. The van der Waals surface area contributed by atoms with Crippen LogP contribution >= 0.6 is 0 Å². The second kappa shape index (κ2) is 8.51. The minimum atomic E-state index is -6.84. The number of rotatable bonds is 9. The summed E-state index contributed by atoms with van der Waals surface area (Å²) in [5, 5.41) is 4.07. The molecule has 34 heavy (non-hydrogen) atoms. The van der Waals surface area contributed by atoms with Crippen molar-refractivity contribution in [1.29, 1.82) is 0 Å². The fourth-order valence-corrected chi connectivity index (χ4v) is 8.84. The number of alkyl halides is 5. The summed E-state index contributed by atoms with van der Waals surface area (Å²) in [5.41, 5.74) is -8.75. The smallest absolute Gasteiger partial charge is 0.460 e. The van der Waals surface area contributed by atoms with Gasteiger partial charge in [-0.05, 0) is 76.5 Å². The summed E-state index contributed by atoms with van der Waals surface area (Å²) in [5.74, 6) is -1.58. The van der Waals surface area contributed by atoms with Crippen molar-refractivity contribution in [2.45, 2.75) is 75.2 Å². The van der Waals surface area contributed by atoms with E-state index in [2.05, 4.69) is 4.74 Å². The Bertz CT molecular complexity index is 983. The van der Waals surface area contributed by atoms with Crippen LogP contribution in [0.4, 0.5) is 22.0 Å². The van der Waals surface area contributed by atoms with Gasteiger partial charge in [0.1, 0.15) is 0 Å². The van der Waals surface area contributed by atoms with Gasteiger partial charge < -0.3 is 9.84 Å². The van der Waals surface area contributed by atoms with Crippen molar-refractivity contribution in [3.05, 3.63) is 0 Å². The van der Waals surface area contributed by atoms with Crippen LogP contribution in [-0.4, -0.2) is 61.1 Å². The SMILES string of the molecule is CC(C)(O)CCN(S(=O)(=O)C(F)(F)F)S(=O)(=O)C(F)(F)C(=O)OCC12CC3CC(CC(C3)C1)C2. The Kier molecular flexibility index (Phi) is 6.89. The molecule has 198 valence electrons. The molecule has 0 heterocycles. The Morgan fingerprint density at radius 1 is 0.941 bits per heavy atom. The van der Waals surface area contributed by atoms with E-state index in [1.54, 1.807) is 0 Å². The van der Waals surface area contributed by atoms with Crippen molar-refractivity contribution in [2.24, 2.45) is 23.2 Å². The van der Waals surface area contributed by atoms with Gasteiger partial charge in [-0.15, -0.1) is 0 Å². The molecule has 1 N–H and O–H groups in total. The van der Waals surface area contributed by atoms with Crippen LogP contribution in [-0.2, 0) is 29.6 Å². The molecule has 0 spiro atoms. The van der Waals surface area contributed by atoms with Crippen molar-refractivity contribution in [3.63, 3.8) is 0 Å². The highest BCUT2D eigenvalue weighted by Gasteiger charge is 2.65. The Hall–Kier alpha value is -1.06. The lowest BCUT2D eigenvalue weighted by Crippen LogP contribution is -2.55. The van der Waals surface area contributed by atoms with Crippen LogP contribution in [0.15, 0.2) is 0 Å². The van der Waals surface area contributed by atoms with E-state index in [0.717, 1.165) is 33.1 Å². The molecule has 4 saturated carbocycles. The first-order valence-electron chi connectivity index (χ1n) is 10.8. The van der Waals surface area contributed by atoms with Gasteiger partial charge in [-0.3, -0.25) is 0 Å². The van der Waals surface area contributed by atoms with E-state index in [1.807, 2.05) is 0 Å². The van der Waals surface area contributed by atoms with E-state index in [4.69, 9.17) is 0 Å². The van der Waals surface area contributed by atoms with Gasteiger partial charge in [-0.1, -0.05) is 3.71 Å². The summed E-state index contributed by atoms with van der Waals surface area (Å²) in [4.78, 5) is 12.2. The van der Waals surface area contributed by atoms with E-state index in [0.29, 0.717) is 37.0 Å². The fraction of sp³-hybridized carbons (Fsp3) is 0.947. The highest BCUT2D eigenvalue weighted by atomic mass is 32.3. The molecule has 0 unspecified atom stereocenters. The lowest BCUT2D eigenvalue weighted by molar-refractivity contribution is -0.171. The van der Waals surface area contributed by atoms with E-state index < -0.39 is 71.1 Å². The summed E-state index contributed by atoms with van der Waals surface area (Å²) in [6.45, 7) is -0.159. The number of carbonyl (C=O) groups excluding carboxylic acids is 1. The van der Waals surface area contributed by atoms with Crippen LogP contribution in [0.2, 0.25) is 0 Å². The summed E-state index contributed by atoms with van der Waals surface area (Å²) < 4.78 is 120. The zero-order valence-corrected chi connectivity index (χ0v) is 20.3. The number of hydrogen-bond donors (Lipinski definition) is 1. The van der Waals surface area contributed by atoms with Crippen LogP contribution in [0.3, 0.4) is 0 Å². The van der Waals surface area contributed by atoms with Crippen molar-refractivity contribution in [1.82, 2.24) is 3.71 Å². The van der Waals surface area contributed by atoms with Gasteiger partial charge in [0.2, 0.25) is 0 Å². The molecule has 4 fully saturated rings. The molecule has 0 amide bonds. The maximum absolute atomic E-state index is 14.7. The summed E-state index contributed by atoms with van der Waals surface area (Å²) in [6.07, 6.45) is 3.87. The lowest BCUT2D eigenvalue weighted by Gasteiger charge is -2.56. The number of halogens is 5. The first-order valence-corrected chi connectivity index (χ1v) is 13.7. The molecule has 4 aliphatic rings. The molecule has 0 atom stereocenters. The number of sulfonamides is 2. The van der Waals surface area contributed by atoms with Crippen LogP contribution in [0, 0.1) is 23.2 Å². The van der Waals surface area contributed by atoms with Gasteiger partial charge in [-0.2, -0.15) is 22.0 Å². The molecule has 0 aromatic carbocycles. The summed E-state index contributed by atoms with van der Waals surface area (Å²) in [7, 11) is -13.6. The van der Waals surface area contributed by atoms with Crippen LogP contribution < -0.4 is 0 Å². The topological polar surface area (TPSA) is 118 Å². The summed E-state index contributed by atoms with van der Waals surface area (Å²) >= 11 is 0. The highest BCUT2D eigenvalue weighted by Crippen LogP contribution is 2.60. The number of carbonyl (C=O) groups is 1. The first kappa shape index (κ1) is 27.5. The molecule has 4 bridgehead atoms. The highest BCUT2D eigenvalue weighted by molar-refractivity contribution is 8.05. The Morgan fingerprint density at radius 2 is 1.38 bits per heavy atom. The molecule has 0 aromatic heterocycles. The molecule has 0 saturated heterocycles. The van der Waals surface area contributed by atoms with Gasteiger partial charge in [0.25, 0.3) is 0 Å². The molecular weight excluding hydrogens is 513 g/mol. The fourth-order valence-electron chi connectivity index (χ4n) is 5.85. The summed E-state index contributed by atoms with van der Waals surface area (Å²) in [6, 6.07) is 0. The van der Waals surface area contributed by atoms with E-state index in [1.165, 1.54) is 0 Å². The van der Waals surface area contributed by atoms with Crippen LogP contribution in [0.5, 0.6) is 0 Å². The van der Waals surface area contributed by atoms with Gasteiger partial charge in [-0.25, -0.2) is 21.6 Å². The third kappa shape index (κ3) is 5.07. The van der Waals surface area contributed by atoms with Crippen LogP contribution in [0.1, 0.15) is 58.8 Å². The first-order chi connectivity index (χ1) is 15.2. The molecule has 4 aliphatic carbocycles. The lowest BCUT2D eigenvalue weighted by atomic mass is 9.50. The monoisotopic (exact) mass is 541 g/mol. The maximum Gasteiger partial charge on any atom is 0.512 e. The number of aliphatic hydroxyl groups is 1. The van der Waals surface area contributed by atoms with Crippen molar-refractivity contribution < 1.29 is 53.4 Å². The zero-order valence-electron chi connectivity index (χ0n) is 18.6.